The van der Waals surface area contributed by atoms with E-state index in [1.165, 1.54) is 22.0 Å². The Bertz CT molecular complexity index is 682. The second-order valence-corrected chi connectivity index (χ2v) is 7.16. The van der Waals surface area contributed by atoms with Crippen molar-refractivity contribution in [2.24, 2.45) is 0 Å². The third-order valence-electron chi connectivity index (χ3n) is 4.03. The minimum Gasteiger partial charge on any atom is -0.387 e. The number of H-pyrrole nitrogens is 1. The van der Waals surface area contributed by atoms with E-state index in [0.29, 0.717) is 12.3 Å². The van der Waals surface area contributed by atoms with Gasteiger partial charge in [-0.25, -0.2) is 4.79 Å². The first kappa shape index (κ1) is 18.7. The highest BCUT2D eigenvalue weighted by Crippen LogP contribution is 2.22. The number of fused-ring (bicyclic) bond motifs is 1. The van der Waals surface area contributed by atoms with Gasteiger partial charge < -0.3 is 20.7 Å². The molecule has 1 unspecified atom stereocenters. The van der Waals surface area contributed by atoms with Crippen LogP contribution in [0.3, 0.4) is 0 Å². The molecule has 2 aromatic rings. The van der Waals surface area contributed by atoms with Gasteiger partial charge in [0.25, 0.3) is 0 Å². The molecule has 0 aliphatic heterocycles. The van der Waals surface area contributed by atoms with Gasteiger partial charge in [0.15, 0.2) is 0 Å². The Morgan fingerprint density at radius 1 is 1.33 bits per heavy atom. The number of aliphatic hydroxyl groups is 1. The van der Waals surface area contributed by atoms with E-state index in [9.17, 15) is 9.90 Å². The van der Waals surface area contributed by atoms with Crippen LogP contribution in [0, 0.1) is 0 Å². The van der Waals surface area contributed by atoms with Gasteiger partial charge >= 0.3 is 6.03 Å². The maximum atomic E-state index is 11.8. The SMILES string of the molecule is CCc1cccc2c(CCNC(=O)NCC(C)(O)CSC)c[nH]c12. The van der Waals surface area contributed by atoms with E-state index in [-0.39, 0.29) is 12.6 Å². The first-order chi connectivity index (χ1) is 11.5. The van der Waals surface area contributed by atoms with Crippen molar-refractivity contribution in [1.82, 2.24) is 15.6 Å². The lowest BCUT2D eigenvalue weighted by molar-refractivity contribution is 0.0869. The number of carbonyl (C=O) groups is 1. The first-order valence-electron chi connectivity index (χ1n) is 8.27. The van der Waals surface area contributed by atoms with Crippen LogP contribution in [0.4, 0.5) is 4.79 Å². The third-order valence-corrected chi connectivity index (χ3v) is 4.94. The molecule has 0 fully saturated rings. The zero-order valence-electron chi connectivity index (χ0n) is 14.6. The second kappa shape index (κ2) is 8.44. The molecule has 2 rings (SSSR count). The Hall–Kier alpha value is -1.66. The quantitative estimate of drug-likeness (QED) is 0.592. The van der Waals surface area contributed by atoms with E-state index in [4.69, 9.17) is 0 Å². The summed E-state index contributed by atoms with van der Waals surface area (Å²) in [5.74, 6) is 0.586. The summed E-state index contributed by atoms with van der Waals surface area (Å²) in [4.78, 5) is 15.2. The number of carbonyl (C=O) groups excluding carboxylic acids is 1. The zero-order valence-corrected chi connectivity index (χ0v) is 15.4. The molecular formula is C18H27N3O2S. The van der Waals surface area contributed by atoms with Crippen molar-refractivity contribution in [3.8, 4) is 0 Å². The van der Waals surface area contributed by atoms with Gasteiger partial charge in [0.2, 0.25) is 0 Å². The fraction of sp³-hybridized carbons (Fsp3) is 0.500. The second-order valence-electron chi connectivity index (χ2n) is 6.30. The number of hydrogen-bond donors (Lipinski definition) is 4. The lowest BCUT2D eigenvalue weighted by atomic mass is 10.1. The van der Waals surface area contributed by atoms with Crippen molar-refractivity contribution >= 4 is 28.7 Å². The molecular weight excluding hydrogens is 322 g/mol. The molecule has 132 valence electrons. The highest BCUT2D eigenvalue weighted by Gasteiger charge is 2.20. The molecule has 0 aliphatic rings. The van der Waals surface area contributed by atoms with Crippen LogP contribution in [0.1, 0.15) is 25.0 Å². The summed E-state index contributed by atoms with van der Waals surface area (Å²) >= 11 is 1.56. The Kier molecular flexibility index (Phi) is 6.57. The molecule has 1 atom stereocenters. The minimum absolute atomic E-state index is 0.243. The van der Waals surface area contributed by atoms with Crippen molar-refractivity contribution in [1.29, 1.82) is 0 Å². The van der Waals surface area contributed by atoms with Gasteiger partial charge in [0.1, 0.15) is 0 Å². The van der Waals surface area contributed by atoms with E-state index < -0.39 is 5.60 Å². The number of aromatic nitrogens is 1. The molecule has 1 heterocycles. The molecule has 0 aliphatic carbocycles. The summed E-state index contributed by atoms with van der Waals surface area (Å²) < 4.78 is 0. The standard InChI is InChI=1S/C18H27N3O2S/c1-4-13-6-5-7-15-14(10-20-16(13)15)8-9-19-17(22)21-11-18(2,23)12-24-3/h5-7,10,20,23H,4,8-9,11-12H2,1-3H3,(H2,19,21,22). The summed E-state index contributed by atoms with van der Waals surface area (Å²) in [6.45, 7) is 4.67. The van der Waals surface area contributed by atoms with Gasteiger partial charge in [-0.2, -0.15) is 11.8 Å². The van der Waals surface area contributed by atoms with Crippen LogP contribution in [-0.4, -0.2) is 46.8 Å². The molecule has 2 amide bonds. The highest BCUT2D eigenvalue weighted by molar-refractivity contribution is 7.98. The average Bonchev–Trinajstić information content (AvgIpc) is 2.96. The van der Waals surface area contributed by atoms with Crippen molar-refractivity contribution in [3.63, 3.8) is 0 Å². The van der Waals surface area contributed by atoms with Crippen LogP contribution in [0.25, 0.3) is 10.9 Å². The number of hydrogen-bond acceptors (Lipinski definition) is 3. The fourth-order valence-electron chi connectivity index (χ4n) is 2.78. The van der Waals surface area contributed by atoms with E-state index in [0.717, 1.165) is 12.8 Å². The van der Waals surface area contributed by atoms with Gasteiger partial charge in [-0.05, 0) is 37.1 Å². The zero-order chi connectivity index (χ0) is 17.6. The normalized spacial score (nSPS) is 13.7. The Morgan fingerprint density at radius 2 is 2.12 bits per heavy atom. The molecule has 0 saturated heterocycles. The molecule has 1 aromatic heterocycles. The summed E-state index contributed by atoms with van der Waals surface area (Å²) in [6.07, 6.45) is 5.71. The summed E-state index contributed by atoms with van der Waals surface area (Å²) in [6, 6.07) is 6.08. The van der Waals surface area contributed by atoms with Crippen molar-refractivity contribution in [2.75, 3.05) is 25.1 Å². The van der Waals surface area contributed by atoms with Crippen LogP contribution in [0.15, 0.2) is 24.4 Å². The number of amides is 2. The molecule has 0 bridgehead atoms. The molecule has 6 heteroatoms. The molecule has 4 N–H and O–H groups in total. The lowest BCUT2D eigenvalue weighted by Gasteiger charge is -2.22. The number of benzene rings is 1. The fourth-order valence-corrected chi connectivity index (χ4v) is 3.51. The molecule has 0 spiro atoms. The number of para-hydroxylation sites is 1. The number of nitrogens with one attached hydrogen (secondary N) is 3. The van der Waals surface area contributed by atoms with Gasteiger partial charge in [-0.1, -0.05) is 25.1 Å². The van der Waals surface area contributed by atoms with Crippen molar-refractivity contribution in [2.45, 2.75) is 32.3 Å². The largest absolute Gasteiger partial charge is 0.387 e. The third kappa shape index (κ3) is 4.92. The molecule has 1 aromatic carbocycles. The van der Waals surface area contributed by atoms with Gasteiger partial charge in [0, 0.05) is 35.9 Å². The predicted octanol–water partition coefficient (Wildman–Crippen LogP) is 2.69. The smallest absolute Gasteiger partial charge is 0.314 e. The van der Waals surface area contributed by atoms with Crippen LogP contribution in [-0.2, 0) is 12.8 Å². The predicted molar refractivity (Wildman–Crippen MR) is 102 cm³/mol. The van der Waals surface area contributed by atoms with E-state index >= 15 is 0 Å². The highest BCUT2D eigenvalue weighted by atomic mass is 32.2. The van der Waals surface area contributed by atoms with Crippen LogP contribution >= 0.6 is 11.8 Å². The number of thioether (sulfide) groups is 1. The maximum absolute atomic E-state index is 11.8. The number of urea groups is 1. The number of aryl methyl sites for hydroxylation is 1. The Morgan fingerprint density at radius 3 is 2.83 bits per heavy atom. The molecule has 5 nitrogen and oxygen atoms in total. The van der Waals surface area contributed by atoms with Crippen molar-refractivity contribution in [3.05, 3.63) is 35.5 Å². The van der Waals surface area contributed by atoms with E-state index in [1.807, 2.05) is 12.5 Å². The lowest BCUT2D eigenvalue weighted by Crippen LogP contribution is -2.46. The van der Waals surface area contributed by atoms with Crippen LogP contribution < -0.4 is 10.6 Å². The van der Waals surface area contributed by atoms with Crippen LogP contribution in [0.5, 0.6) is 0 Å². The summed E-state index contributed by atoms with van der Waals surface area (Å²) in [5.41, 5.74) is 2.81. The number of aromatic amines is 1. The van der Waals surface area contributed by atoms with Gasteiger partial charge in [0.05, 0.1) is 5.60 Å². The van der Waals surface area contributed by atoms with Gasteiger partial charge in [-0.3, -0.25) is 0 Å². The Labute approximate surface area is 147 Å². The van der Waals surface area contributed by atoms with E-state index in [2.05, 4.69) is 40.7 Å². The summed E-state index contributed by atoms with van der Waals surface area (Å²) in [7, 11) is 0. The monoisotopic (exact) mass is 349 g/mol. The Balaban J connectivity index is 1.83. The van der Waals surface area contributed by atoms with E-state index in [1.54, 1.807) is 18.7 Å². The van der Waals surface area contributed by atoms with Crippen LogP contribution in [0.2, 0.25) is 0 Å². The first-order valence-corrected chi connectivity index (χ1v) is 9.67. The maximum Gasteiger partial charge on any atom is 0.314 e. The average molecular weight is 350 g/mol. The topological polar surface area (TPSA) is 77.2 Å². The molecule has 24 heavy (non-hydrogen) atoms. The summed E-state index contributed by atoms with van der Waals surface area (Å²) in [5, 5.41) is 16.8. The molecule has 0 saturated carbocycles. The van der Waals surface area contributed by atoms with Crippen molar-refractivity contribution < 1.29 is 9.90 Å². The molecule has 0 radical (unpaired) electrons. The van der Waals surface area contributed by atoms with Gasteiger partial charge in [-0.15, -0.1) is 0 Å². The number of rotatable bonds is 8. The minimum atomic E-state index is -0.885.